The fourth-order valence-corrected chi connectivity index (χ4v) is 1.79. The quantitative estimate of drug-likeness (QED) is 0.704. The summed E-state index contributed by atoms with van der Waals surface area (Å²) in [5.74, 6) is -2.92. The second-order valence-corrected chi connectivity index (χ2v) is 4.72. The number of ether oxygens (including phenoxy) is 1. The zero-order chi connectivity index (χ0) is 18.7. The van der Waals surface area contributed by atoms with E-state index >= 15 is 0 Å². The highest BCUT2D eigenvalue weighted by Crippen LogP contribution is 2.17. The van der Waals surface area contributed by atoms with Gasteiger partial charge in [-0.2, -0.15) is 0 Å². The average molecular weight is 358 g/mol. The first-order valence-electron chi connectivity index (χ1n) is 7.59. The van der Waals surface area contributed by atoms with Crippen LogP contribution in [0.3, 0.4) is 0 Å². The number of hydrogen-bond donors (Lipinski definition) is 2. The molecule has 0 saturated carbocycles. The van der Waals surface area contributed by atoms with Crippen LogP contribution in [0, 0.1) is 6.92 Å². The maximum atomic E-state index is 11.8. The molecule has 0 aliphatic rings. The Balaban J connectivity index is 0. The summed E-state index contributed by atoms with van der Waals surface area (Å²) in [6.07, 6.45) is 0.802. The number of carboxylic acids is 2. The van der Waals surface area contributed by atoms with Crippen LogP contribution in [0.2, 0.25) is 0 Å². The molecule has 1 aromatic rings. The van der Waals surface area contributed by atoms with Gasteiger partial charge in [0.05, 0.1) is 5.69 Å². The highest BCUT2D eigenvalue weighted by Gasteiger charge is 2.11. The van der Waals surface area contributed by atoms with Crippen LogP contribution in [0.25, 0.3) is 0 Å². The van der Waals surface area contributed by atoms with E-state index in [2.05, 4.69) is 4.98 Å². The molecule has 1 heterocycles. The Morgan fingerprint density at radius 2 is 1.60 bits per heavy atom. The van der Waals surface area contributed by atoms with Crippen molar-refractivity contribution in [2.24, 2.45) is 0 Å². The average Bonchev–Trinajstić information content (AvgIpc) is 2.55. The summed E-state index contributed by atoms with van der Waals surface area (Å²) < 4.78 is 5.58. The van der Waals surface area contributed by atoms with Crippen molar-refractivity contribution in [3.8, 4) is 5.75 Å². The summed E-state index contributed by atoms with van der Waals surface area (Å²) in [5.41, 5.74) is 1.87. The van der Waals surface area contributed by atoms with E-state index in [4.69, 9.17) is 24.5 Å². The van der Waals surface area contributed by atoms with Crippen molar-refractivity contribution >= 4 is 17.8 Å². The van der Waals surface area contributed by atoms with Gasteiger partial charge in [-0.15, -0.1) is 0 Å². The monoisotopic (exact) mass is 358 g/mol. The van der Waals surface area contributed by atoms with Gasteiger partial charge in [0.2, 0.25) is 0 Å². The summed E-state index contributed by atoms with van der Waals surface area (Å²) in [6, 6.07) is 3.78. The maximum absolute atomic E-state index is 11.8. The molecule has 1 aromatic heterocycles. The van der Waals surface area contributed by atoms with Gasteiger partial charge in [-0.1, -0.05) is 6.92 Å². The van der Waals surface area contributed by atoms with Crippen molar-refractivity contribution in [1.29, 1.82) is 0 Å². The molecule has 0 spiro atoms. The van der Waals surface area contributed by atoms with Gasteiger partial charge < -0.3 is 25.3 Å². The molecule has 0 radical (unpaired) electrons. The van der Waals surface area contributed by atoms with E-state index in [0.29, 0.717) is 18.8 Å². The van der Waals surface area contributed by atoms with Gasteiger partial charge in [0.1, 0.15) is 5.75 Å². The van der Waals surface area contributed by atoms with E-state index in [9.17, 15) is 4.79 Å². The van der Waals surface area contributed by atoms with E-state index in [0.717, 1.165) is 17.8 Å². The first-order chi connectivity index (χ1) is 11.3. The molecular formula is C16H26N2O7. The molecular weight excluding hydrogens is 332 g/mol. The van der Waals surface area contributed by atoms with Crippen LogP contribution in [-0.2, 0) is 20.8 Å². The number of aliphatic carboxylic acids is 2. The van der Waals surface area contributed by atoms with Crippen molar-refractivity contribution in [3.63, 3.8) is 0 Å². The van der Waals surface area contributed by atoms with E-state index in [1.807, 2.05) is 39.8 Å². The molecule has 0 aliphatic heterocycles. The first-order valence-corrected chi connectivity index (χ1v) is 7.59. The minimum atomic E-state index is -1.82. The number of carbonyl (C=O) groups excluding carboxylic acids is 1. The van der Waals surface area contributed by atoms with Crippen molar-refractivity contribution < 1.29 is 34.8 Å². The number of carboxylic acid groups (broad SMARTS) is 2. The maximum Gasteiger partial charge on any atom is 0.414 e. The predicted octanol–water partition coefficient (Wildman–Crippen LogP) is 0.531. The summed E-state index contributed by atoms with van der Waals surface area (Å²) in [4.78, 5) is 36.2. The topological polar surface area (TPSA) is 149 Å². The molecule has 9 heteroatoms. The zero-order valence-corrected chi connectivity index (χ0v) is 14.9. The third-order valence-corrected chi connectivity index (χ3v) is 3.06. The first kappa shape index (κ1) is 24.6. The minimum Gasteiger partial charge on any atom is -0.482 e. The highest BCUT2D eigenvalue weighted by atomic mass is 16.5. The van der Waals surface area contributed by atoms with E-state index in [1.54, 1.807) is 4.90 Å². The van der Waals surface area contributed by atoms with Gasteiger partial charge in [0, 0.05) is 18.8 Å². The van der Waals surface area contributed by atoms with Gasteiger partial charge in [-0.25, -0.2) is 9.59 Å². The Hall–Kier alpha value is -2.68. The second-order valence-electron chi connectivity index (χ2n) is 4.72. The minimum absolute atomic E-state index is 0. The lowest BCUT2D eigenvalue weighted by Crippen LogP contribution is -2.34. The van der Waals surface area contributed by atoms with Gasteiger partial charge in [-0.3, -0.25) is 9.78 Å². The number of amides is 1. The smallest absolute Gasteiger partial charge is 0.414 e. The second kappa shape index (κ2) is 12.7. The lowest BCUT2D eigenvalue weighted by molar-refractivity contribution is -0.159. The highest BCUT2D eigenvalue weighted by molar-refractivity contribution is 6.27. The third kappa shape index (κ3) is 9.26. The van der Waals surface area contributed by atoms with Crippen molar-refractivity contribution in [2.75, 3.05) is 19.7 Å². The van der Waals surface area contributed by atoms with E-state index in [-0.39, 0.29) is 18.0 Å². The molecule has 0 aromatic carbocycles. The van der Waals surface area contributed by atoms with Crippen molar-refractivity contribution in [3.05, 3.63) is 23.5 Å². The van der Waals surface area contributed by atoms with Crippen LogP contribution in [0.5, 0.6) is 5.75 Å². The standard InChI is InChI=1S/C14H22N2O2.C2H2O4.H2O/c1-5-12-13(9-8-11(4)15-12)18-10-14(17)16(6-2)7-3;3-1(4)2(5)6;/h8-9H,5-7,10H2,1-4H3;(H,3,4)(H,5,6);1H2. The number of aryl methyl sites for hydroxylation is 2. The summed E-state index contributed by atoms with van der Waals surface area (Å²) >= 11 is 0. The SMILES string of the molecule is CCc1nc(C)ccc1OCC(=O)N(CC)CC.O.O=C(O)C(=O)O. The Morgan fingerprint density at radius 1 is 1.08 bits per heavy atom. The normalized spacial score (nSPS) is 9.12. The van der Waals surface area contributed by atoms with Crippen LogP contribution >= 0.6 is 0 Å². The molecule has 4 N–H and O–H groups in total. The summed E-state index contributed by atoms with van der Waals surface area (Å²) in [6.45, 7) is 9.42. The Morgan fingerprint density at radius 3 is 2.00 bits per heavy atom. The number of likely N-dealkylation sites (N-methyl/N-ethyl adjacent to an activating group) is 1. The Kier molecular flexibility index (Phi) is 12.5. The van der Waals surface area contributed by atoms with Crippen molar-refractivity contribution in [1.82, 2.24) is 9.88 Å². The number of hydrogen-bond acceptors (Lipinski definition) is 5. The number of pyridine rings is 1. The van der Waals surface area contributed by atoms with E-state index in [1.165, 1.54) is 0 Å². The van der Waals surface area contributed by atoms with Gasteiger partial charge >= 0.3 is 11.9 Å². The molecule has 9 nitrogen and oxygen atoms in total. The molecule has 0 fully saturated rings. The number of nitrogens with zero attached hydrogens (tertiary/aromatic N) is 2. The molecule has 142 valence electrons. The predicted molar refractivity (Wildman–Crippen MR) is 90.7 cm³/mol. The largest absolute Gasteiger partial charge is 0.482 e. The molecule has 0 unspecified atom stereocenters. The van der Waals surface area contributed by atoms with Crippen LogP contribution in [0.4, 0.5) is 0 Å². The molecule has 25 heavy (non-hydrogen) atoms. The summed E-state index contributed by atoms with van der Waals surface area (Å²) in [5, 5.41) is 14.8. The molecule has 0 aliphatic carbocycles. The number of aromatic nitrogens is 1. The van der Waals surface area contributed by atoms with Gasteiger partial charge in [0.15, 0.2) is 6.61 Å². The van der Waals surface area contributed by atoms with Crippen LogP contribution in [-0.4, -0.2) is 63.1 Å². The van der Waals surface area contributed by atoms with Gasteiger partial charge in [0.25, 0.3) is 5.91 Å². The summed E-state index contributed by atoms with van der Waals surface area (Å²) in [7, 11) is 0. The zero-order valence-electron chi connectivity index (χ0n) is 14.9. The van der Waals surface area contributed by atoms with E-state index < -0.39 is 11.9 Å². The van der Waals surface area contributed by atoms with Crippen LogP contribution < -0.4 is 4.74 Å². The fourth-order valence-electron chi connectivity index (χ4n) is 1.79. The number of rotatable bonds is 6. The Bertz CT molecular complexity index is 560. The lowest BCUT2D eigenvalue weighted by Gasteiger charge is -2.19. The Labute approximate surface area is 146 Å². The molecule has 0 saturated heterocycles. The fraction of sp³-hybridized carbons (Fsp3) is 0.500. The van der Waals surface area contributed by atoms with Crippen LogP contribution in [0.1, 0.15) is 32.2 Å². The van der Waals surface area contributed by atoms with Crippen molar-refractivity contribution in [2.45, 2.75) is 34.1 Å². The number of carbonyl (C=O) groups is 3. The van der Waals surface area contributed by atoms with Gasteiger partial charge in [-0.05, 0) is 39.3 Å². The molecule has 0 atom stereocenters. The molecule has 0 bridgehead atoms. The van der Waals surface area contributed by atoms with Crippen LogP contribution in [0.15, 0.2) is 12.1 Å². The third-order valence-electron chi connectivity index (χ3n) is 3.06. The molecule has 1 rings (SSSR count). The lowest BCUT2D eigenvalue weighted by atomic mass is 10.2. The molecule has 1 amide bonds.